The smallest absolute Gasteiger partial charge is 0.225 e. The number of fused-ring (bicyclic) bond motifs is 1. The third kappa shape index (κ3) is 3.88. The predicted molar refractivity (Wildman–Crippen MR) is 118 cm³/mol. The molecule has 1 aliphatic heterocycles. The summed E-state index contributed by atoms with van der Waals surface area (Å²) in [6.07, 6.45) is 4.18. The van der Waals surface area contributed by atoms with Crippen molar-refractivity contribution in [1.82, 2.24) is 14.9 Å². The molecule has 0 radical (unpaired) electrons. The second kappa shape index (κ2) is 7.51. The van der Waals surface area contributed by atoms with E-state index in [0.717, 1.165) is 43.1 Å². The third-order valence-corrected chi connectivity index (χ3v) is 5.96. The van der Waals surface area contributed by atoms with E-state index < -0.39 is 0 Å². The Morgan fingerprint density at radius 1 is 0.964 bits per heavy atom. The van der Waals surface area contributed by atoms with E-state index >= 15 is 0 Å². The Kier molecular flexibility index (Phi) is 5.07. The minimum Gasteiger partial charge on any atom is -0.341 e. The highest BCUT2D eigenvalue weighted by Crippen LogP contribution is 2.27. The van der Waals surface area contributed by atoms with Crippen LogP contribution in [-0.4, -0.2) is 46.6 Å². The van der Waals surface area contributed by atoms with Crippen LogP contribution in [-0.2, 0) is 0 Å². The van der Waals surface area contributed by atoms with E-state index in [1.165, 1.54) is 10.8 Å². The van der Waals surface area contributed by atoms with Crippen molar-refractivity contribution in [2.24, 2.45) is 0 Å². The summed E-state index contributed by atoms with van der Waals surface area (Å²) in [5, 5.41) is 2.49. The number of hydrogen-bond donors (Lipinski definition) is 0. The van der Waals surface area contributed by atoms with Gasteiger partial charge in [0.2, 0.25) is 5.95 Å². The van der Waals surface area contributed by atoms with Crippen molar-refractivity contribution in [2.45, 2.75) is 45.2 Å². The van der Waals surface area contributed by atoms with Gasteiger partial charge in [-0.3, -0.25) is 4.90 Å². The molecular formula is C24H30N4. The van der Waals surface area contributed by atoms with Crippen molar-refractivity contribution in [1.29, 1.82) is 0 Å². The van der Waals surface area contributed by atoms with E-state index in [1.54, 1.807) is 0 Å². The summed E-state index contributed by atoms with van der Waals surface area (Å²) in [6.45, 7) is 9.15. The summed E-state index contributed by atoms with van der Waals surface area (Å²) in [6, 6.07) is 17.5. The van der Waals surface area contributed by atoms with E-state index in [0.29, 0.717) is 6.04 Å². The molecule has 4 nitrogen and oxygen atoms in total. The highest BCUT2D eigenvalue weighted by atomic mass is 15.3. The molecule has 0 spiro atoms. The first-order chi connectivity index (χ1) is 13.4. The Labute approximate surface area is 168 Å². The molecule has 1 fully saturated rings. The lowest BCUT2D eigenvalue weighted by atomic mass is 9.97. The molecule has 146 valence electrons. The van der Waals surface area contributed by atoms with Crippen molar-refractivity contribution in [2.75, 3.05) is 25.0 Å². The molecule has 0 aliphatic carbocycles. The van der Waals surface area contributed by atoms with Crippen LogP contribution in [0.1, 0.15) is 33.6 Å². The second-order valence-electron chi connectivity index (χ2n) is 8.80. The van der Waals surface area contributed by atoms with Crippen LogP contribution < -0.4 is 4.90 Å². The van der Waals surface area contributed by atoms with E-state index in [9.17, 15) is 0 Å². The number of anilines is 1. The Bertz CT molecular complexity index is 952. The number of likely N-dealkylation sites (tertiary alicyclic amines) is 1. The molecule has 0 bridgehead atoms. The molecule has 1 aliphatic rings. The molecule has 0 atom stereocenters. The molecule has 0 unspecified atom stereocenters. The first kappa shape index (κ1) is 18.9. The maximum Gasteiger partial charge on any atom is 0.225 e. The van der Waals surface area contributed by atoms with Gasteiger partial charge in [-0.1, -0.05) is 36.4 Å². The molecule has 0 saturated carbocycles. The number of nitrogens with zero attached hydrogens (tertiary/aromatic N) is 4. The van der Waals surface area contributed by atoms with Crippen molar-refractivity contribution in [3.05, 3.63) is 54.7 Å². The molecule has 3 aromatic rings. The molecule has 4 heteroatoms. The van der Waals surface area contributed by atoms with Crippen LogP contribution in [0.3, 0.4) is 0 Å². The summed E-state index contributed by atoms with van der Waals surface area (Å²) in [7, 11) is 2.14. The lowest BCUT2D eigenvalue weighted by Crippen LogP contribution is -2.50. The van der Waals surface area contributed by atoms with E-state index in [4.69, 9.17) is 4.98 Å². The number of aromatic nitrogens is 2. The highest BCUT2D eigenvalue weighted by Gasteiger charge is 2.29. The zero-order valence-corrected chi connectivity index (χ0v) is 17.4. The lowest BCUT2D eigenvalue weighted by molar-refractivity contribution is 0.102. The maximum atomic E-state index is 4.89. The van der Waals surface area contributed by atoms with E-state index in [1.807, 2.05) is 12.3 Å². The van der Waals surface area contributed by atoms with Crippen LogP contribution in [0.4, 0.5) is 5.95 Å². The normalized spacial score (nSPS) is 16.4. The van der Waals surface area contributed by atoms with Gasteiger partial charge in [-0.15, -0.1) is 0 Å². The quantitative estimate of drug-likeness (QED) is 0.646. The average molecular weight is 375 g/mol. The van der Waals surface area contributed by atoms with Crippen molar-refractivity contribution in [3.8, 4) is 11.3 Å². The molecule has 1 aromatic heterocycles. The zero-order valence-electron chi connectivity index (χ0n) is 17.4. The number of rotatable bonds is 3. The monoisotopic (exact) mass is 374 g/mol. The van der Waals surface area contributed by atoms with Crippen LogP contribution in [0, 0.1) is 0 Å². The van der Waals surface area contributed by atoms with Gasteiger partial charge in [-0.25, -0.2) is 9.97 Å². The van der Waals surface area contributed by atoms with Crippen molar-refractivity contribution < 1.29 is 0 Å². The zero-order chi connectivity index (χ0) is 19.7. The first-order valence-electron chi connectivity index (χ1n) is 10.2. The number of piperidine rings is 1. The molecule has 28 heavy (non-hydrogen) atoms. The Morgan fingerprint density at radius 3 is 2.39 bits per heavy atom. The van der Waals surface area contributed by atoms with Crippen molar-refractivity contribution >= 4 is 16.7 Å². The van der Waals surface area contributed by atoms with Crippen LogP contribution in [0.5, 0.6) is 0 Å². The summed E-state index contributed by atoms with van der Waals surface area (Å²) < 4.78 is 0. The highest BCUT2D eigenvalue weighted by molar-refractivity contribution is 5.86. The first-order valence-corrected chi connectivity index (χ1v) is 10.2. The van der Waals surface area contributed by atoms with Gasteiger partial charge in [0, 0.05) is 43.5 Å². The standard InChI is InChI=1S/C24H30N4/c1-24(2,3)28-15-12-21(13-16-28)27(4)23-25-14-11-22(26-23)20-10-9-18-7-5-6-8-19(18)17-20/h5-11,14,17,21H,12-13,15-16H2,1-4H3. The van der Waals surface area contributed by atoms with Crippen molar-refractivity contribution in [3.63, 3.8) is 0 Å². The fourth-order valence-electron chi connectivity index (χ4n) is 4.12. The molecule has 4 rings (SSSR count). The second-order valence-corrected chi connectivity index (χ2v) is 8.80. The maximum absolute atomic E-state index is 4.89. The van der Waals surface area contributed by atoms with Gasteiger partial charge in [0.1, 0.15) is 0 Å². The SMILES string of the molecule is CN(c1nccc(-c2ccc3ccccc3c2)n1)C1CCN(C(C)(C)C)CC1. The van der Waals surface area contributed by atoms with Gasteiger partial charge in [-0.05, 0) is 56.5 Å². The number of benzene rings is 2. The fourth-order valence-corrected chi connectivity index (χ4v) is 4.12. The molecule has 2 heterocycles. The largest absolute Gasteiger partial charge is 0.341 e. The van der Waals surface area contributed by atoms with Gasteiger partial charge in [0.25, 0.3) is 0 Å². The van der Waals surface area contributed by atoms with Gasteiger partial charge >= 0.3 is 0 Å². The Morgan fingerprint density at radius 2 is 1.68 bits per heavy atom. The predicted octanol–water partition coefficient (Wildman–Crippen LogP) is 5.00. The molecule has 2 aromatic carbocycles. The van der Waals surface area contributed by atoms with Gasteiger partial charge in [0.05, 0.1) is 5.69 Å². The molecule has 1 saturated heterocycles. The molecule has 0 amide bonds. The molecular weight excluding hydrogens is 344 g/mol. The summed E-state index contributed by atoms with van der Waals surface area (Å²) in [5.74, 6) is 0.819. The topological polar surface area (TPSA) is 32.3 Å². The Hall–Kier alpha value is -2.46. The van der Waals surface area contributed by atoms with Gasteiger partial charge in [0.15, 0.2) is 0 Å². The van der Waals surface area contributed by atoms with Gasteiger partial charge in [-0.2, -0.15) is 0 Å². The minimum absolute atomic E-state index is 0.246. The number of hydrogen-bond acceptors (Lipinski definition) is 4. The van der Waals surface area contributed by atoms with Crippen LogP contribution in [0.25, 0.3) is 22.0 Å². The summed E-state index contributed by atoms with van der Waals surface area (Å²) in [5.41, 5.74) is 2.36. The van der Waals surface area contributed by atoms with E-state index in [2.05, 4.69) is 85.1 Å². The summed E-state index contributed by atoms with van der Waals surface area (Å²) in [4.78, 5) is 14.3. The van der Waals surface area contributed by atoms with Crippen LogP contribution in [0.2, 0.25) is 0 Å². The van der Waals surface area contributed by atoms with E-state index in [-0.39, 0.29) is 5.54 Å². The van der Waals surface area contributed by atoms with Crippen LogP contribution in [0.15, 0.2) is 54.7 Å². The third-order valence-electron chi connectivity index (χ3n) is 5.96. The average Bonchev–Trinajstić information content (AvgIpc) is 2.72. The van der Waals surface area contributed by atoms with Crippen LogP contribution >= 0.6 is 0 Å². The minimum atomic E-state index is 0.246. The lowest BCUT2D eigenvalue weighted by Gasteiger charge is -2.43. The van der Waals surface area contributed by atoms with Gasteiger partial charge < -0.3 is 4.90 Å². The Balaban J connectivity index is 1.53. The molecule has 0 N–H and O–H groups in total. The summed E-state index contributed by atoms with van der Waals surface area (Å²) >= 11 is 0. The fraction of sp³-hybridized carbons (Fsp3) is 0.417.